The number of hydrazine groups is 1. The number of piperazine rings is 1. The molecule has 1 fully saturated rings. The minimum Gasteiger partial charge on any atom is -0.379 e. The lowest BCUT2D eigenvalue weighted by atomic mass is 10.1. The van der Waals surface area contributed by atoms with Crippen LogP contribution in [0.1, 0.15) is 22.8 Å². The summed E-state index contributed by atoms with van der Waals surface area (Å²) in [6, 6.07) is 13.1. The molecule has 0 spiro atoms. The molecule has 0 bridgehead atoms. The maximum Gasteiger partial charge on any atom is 0.268 e. The third-order valence-corrected chi connectivity index (χ3v) is 5.92. The zero-order chi connectivity index (χ0) is 25.7. The second kappa shape index (κ2) is 10.8. The standard InChI is InChI=1S/C25H28FN7O3/c1-16(34)32-9-11-33(12-10-32)25(36)18-5-7-20(8-6-18)29-22-14-21(23(24(27)35)31-30-22)28-15-17-3-2-4-19(26)13-17/h2-8,13-14,28-31H,9-12,15H2,1H3,(H2,27,35). The monoisotopic (exact) mass is 493 g/mol. The van der Waals surface area contributed by atoms with Gasteiger partial charge in [0.05, 0.1) is 5.70 Å². The molecule has 0 radical (unpaired) electrons. The van der Waals surface area contributed by atoms with Crippen LogP contribution in [-0.2, 0) is 16.1 Å². The van der Waals surface area contributed by atoms with Crippen LogP contribution in [-0.4, -0.2) is 53.7 Å². The van der Waals surface area contributed by atoms with E-state index in [1.807, 2.05) is 0 Å². The minimum absolute atomic E-state index is 0.0164. The maximum atomic E-state index is 13.5. The first-order chi connectivity index (χ1) is 17.3. The highest BCUT2D eigenvalue weighted by Crippen LogP contribution is 2.17. The van der Waals surface area contributed by atoms with Gasteiger partial charge in [-0.25, -0.2) is 4.39 Å². The first kappa shape index (κ1) is 24.6. The molecule has 4 rings (SSSR count). The number of primary amides is 1. The number of hydrogen-bond acceptors (Lipinski definition) is 7. The molecule has 3 amide bonds. The fraction of sp³-hybridized carbons (Fsp3) is 0.240. The summed E-state index contributed by atoms with van der Waals surface area (Å²) in [6.45, 7) is 3.88. The predicted octanol–water partition coefficient (Wildman–Crippen LogP) is 0.978. The van der Waals surface area contributed by atoms with Crippen LogP contribution in [0.25, 0.3) is 0 Å². The summed E-state index contributed by atoms with van der Waals surface area (Å²) in [5.41, 5.74) is 13.7. The van der Waals surface area contributed by atoms with Crippen molar-refractivity contribution in [2.24, 2.45) is 5.73 Å². The Morgan fingerprint density at radius 3 is 2.33 bits per heavy atom. The van der Waals surface area contributed by atoms with E-state index in [-0.39, 0.29) is 29.9 Å². The molecule has 188 valence electrons. The molecule has 0 aromatic heterocycles. The highest BCUT2D eigenvalue weighted by Gasteiger charge is 2.23. The average Bonchev–Trinajstić information content (AvgIpc) is 2.87. The lowest BCUT2D eigenvalue weighted by molar-refractivity contribution is -0.130. The Morgan fingerprint density at radius 1 is 1.00 bits per heavy atom. The number of nitrogens with zero attached hydrogens (tertiary/aromatic N) is 2. The van der Waals surface area contributed by atoms with E-state index in [1.165, 1.54) is 19.1 Å². The summed E-state index contributed by atoms with van der Waals surface area (Å²) in [7, 11) is 0. The topological polar surface area (TPSA) is 132 Å². The van der Waals surface area contributed by atoms with Crippen LogP contribution in [0.3, 0.4) is 0 Å². The van der Waals surface area contributed by atoms with Crippen molar-refractivity contribution in [3.05, 3.63) is 88.8 Å². The molecular formula is C25H28FN7O3. The molecule has 36 heavy (non-hydrogen) atoms. The van der Waals surface area contributed by atoms with E-state index < -0.39 is 5.91 Å². The summed E-state index contributed by atoms with van der Waals surface area (Å²) in [5, 5.41) is 6.28. The van der Waals surface area contributed by atoms with E-state index in [2.05, 4.69) is 21.5 Å². The summed E-state index contributed by atoms with van der Waals surface area (Å²) in [6.07, 6.45) is 1.67. The third-order valence-electron chi connectivity index (χ3n) is 5.92. The second-order valence-corrected chi connectivity index (χ2v) is 8.45. The Hall–Kier alpha value is -4.54. The number of amides is 3. The predicted molar refractivity (Wildman–Crippen MR) is 132 cm³/mol. The molecule has 0 aliphatic carbocycles. The number of carbonyl (C=O) groups is 3. The van der Waals surface area contributed by atoms with Crippen molar-refractivity contribution in [2.45, 2.75) is 13.5 Å². The molecule has 6 N–H and O–H groups in total. The van der Waals surface area contributed by atoms with Crippen LogP contribution in [0, 0.1) is 5.82 Å². The van der Waals surface area contributed by atoms with E-state index in [9.17, 15) is 18.8 Å². The summed E-state index contributed by atoms with van der Waals surface area (Å²) >= 11 is 0. The van der Waals surface area contributed by atoms with Gasteiger partial charge in [0.1, 0.15) is 17.3 Å². The molecule has 2 aliphatic rings. The van der Waals surface area contributed by atoms with Crippen LogP contribution in [0.15, 0.2) is 71.8 Å². The Labute approximate surface area is 208 Å². The van der Waals surface area contributed by atoms with E-state index in [4.69, 9.17) is 5.73 Å². The van der Waals surface area contributed by atoms with Crippen LogP contribution >= 0.6 is 0 Å². The summed E-state index contributed by atoms with van der Waals surface area (Å²) in [4.78, 5) is 39.6. The van der Waals surface area contributed by atoms with Gasteiger partial charge in [-0.05, 0) is 42.0 Å². The van der Waals surface area contributed by atoms with E-state index in [1.54, 1.807) is 52.3 Å². The van der Waals surface area contributed by atoms with Crippen LogP contribution in [0.2, 0.25) is 0 Å². The largest absolute Gasteiger partial charge is 0.379 e. The van der Waals surface area contributed by atoms with Crippen molar-refractivity contribution in [1.82, 2.24) is 26.0 Å². The first-order valence-electron chi connectivity index (χ1n) is 11.5. The number of rotatable bonds is 7. The molecule has 2 aliphatic heterocycles. The van der Waals surface area contributed by atoms with Gasteiger partial charge in [-0.15, -0.1) is 0 Å². The number of hydrogen-bond donors (Lipinski definition) is 5. The number of carbonyl (C=O) groups excluding carboxylic acids is 3. The smallest absolute Gasteiger partial charge is 0.268 e. The quantitative estimate of drug-likeness (QED) is 0.389. The van der Waals surface area contributed by atoms with Crippen LogP contribution in [0.4, 0.5) is 10.1 Å². The molecule has 2 aromatic carbocycles. The minimum atomic E-state index is -0.661. The molecular weight excluding hydrogens is 465 g/mol. The highest BCUT2D eigenvalue weighted by molar-refractivity contribution is 5.95. The number of anilines is 1. The Bertz CT molecular complexity index is 1220. The van der Waals surface area contributed by atoms with Crippen molar-refractivity contribution in [1.29, 1.82) is 0 Å². The third kappa shape index (κ3) is 5.93. The number of benzene rings is 2. The van der Waals surface area contributed by atoms with Gasteiger partial charge >= 0.3 is 0 Å². The van der Waals surface area contributed by atoms with Crippen molar-refractivity contribution in [3.8, 4) is 0 Å². The lowest BCUT2D eigenvalue weighted by Gasteiger charge is -2.34. The molecule has 10 nitrogen and oxygen atoms in total. The number of halogens is 1. The maximum absolute atomic E-state index is 13.5. The molecule has 0 atom stereocenters. The second-order valence-electron chi connectivity index (χ2n) is 8.45. The van der Waals surface area contributed by atoms with Crippen molar-refractivity contribution in [3.63, 3.8) is 0 Å². The van der Waals surface area contributed by atoms with Gasteiger partial charge in [0.2, 0.25) is 5.91 Å². The van der Waals surface area contributed by atoms with Gasteiger partial charge in [-0.3, -0.25) is 25.2 Å². The summed E-state index contributed by atoms with van der Waals surface area (Å²) < 4.78 is 13.5. The van der Waals surface area contributed by atoms with E-state index >= 15 is 0 Å². The SMILES string of the molecule is CC(=O)N1CCN(C(=O)c2ccc(NC3=CC(NCc4cccc(F)c4)=C(C(N)=O)NN3)cc2)CC1. The average molecular weight is 494 g/mol. The zero-order valence-electron chi connectivity index (χ0n) is 19.8. The van der Waals surface area contributed by atoms with Gasteiger partial charge in [0.25, 0.3) is 11.8 Å². The summed E-state index contributed by atoms with van der Waals surface area (Å²) in [5.74, 6) is -0.547. The molecule has 0 unspecified atom stereocenters. The molecule has 2 heterocycles. The lowest BCUT2D eigenvalue weighted by Crippen LogP contribution is -2.50. The normalized spacial score (nSPS) is 15.4. The van der Waals surface area contributed by atoms with Gasteiger partial charge < -0.3 is 26.2 Å². The van der Waals surface area contributed by atoms with Gasteiger partial charge in [-0.2, -0.15) is 0 Å². The van der Waals surface area contributed by atoms with E-state index in [0.717, 1.165) is 0 Å². The fourth-order valence-corrected chi connectivity index (χ4v) is 3.95. The van der Waals surface area contributed by atoms with Gasteiger partial charge in [0, 0.05) is 57.0 Å². The fourth-order valence-electron chi connectivity index (χ4n) is 3.95. The molecule has 0 saturated carbocycles. The van der Waals surface area contributed by atoms with Crippen molar-refractivity contribution < 1.29 is 18.8 Å². The highest BCUT2D eigenvalue weighted by atomic mass is 19.1. The van der Waals surface area contributed by atoms with Crippen molar-refractivity contribution >= 4 is 23.4 Å². The zero-order valence-corrected chi connectivity index (χ0v) is 19.8. The number of nitrogens with two attached hydrogens (primary N) is 1. The Kier molecular flexibility index (Phi) is 7.38. The van der Waals surface area contributed by atoms with Crippen LogP contribution < -0.4 is 27.2 Å². The number of allylic oxidation sites excluding steroid dienone is 1. The molecule has 1 saturated heterocycles. The van der Waals surface area contributed by atoms with Gasteiger partial charge in [-0.1, -0.05) is 12.1 Å². The van der Waals surface area contributed by atoms with Crippen molar-refractivity contribution in [2.75, 3.05) is 31.5 Å². The van der Waals surface area contributed by atoms with Crippen LogP contribution in [0.5, 0.6) is 0 Å². The van der Waals surface area contributed by atoms with E-state index in [0.29, 0.717) is 54.5 Å². The molecule has 2 aromatic rings. The number of nitrogens with one attached hydrogen (secondary N) is 4. The first-order valence-corrected chi connectivity index (χ1v) is 11.5. The molecule has 11 heteroatoms. The van der Waals surface area contributed by atoms with Gasteiger partial charge in [0.15, 0.2) is 0 Å². The Morgan fingerprint density at radius 2 is 1.69 bits per heavy atom. The Balaban J connectivity index is 1.40.